The van der Waals surface area contributed by atoms with Crippen molar-refractivity contribution in [1.82, 2.24) is 0 Å². The highest BCUT2D eigenvalue weighted by Gasteiger charge is 2.04. The predicted molar refractivity (Wildman–Crippen MR) is 111 cm³/mol. The monoisotopic (exact) mass is 439 g/mol. The zero-order valence-electron chi connectivity index (χ0n) is 17.5. The van der Waals surface area contributed by atoms with Crippen LogP contribution in [0.25, 0.3) is 10.4 Å². The minimum atomic E-state index is 0.255. The lowest BCUT2D eigenvalue weighted by atomic mass is 10.1. The molecule has 11 heteroatoms. The Hall–Kier alpha value is -2.53. The molecule has 0 aliphatic heterocycles. The predicted octanol–water partition coefficient (Wildman–Crippen LogP) is 2.08. The van der Waals surface area contributed by atoms with Gasteiger partial charge in [-0.05, 0) is 17.7 Å². The van der Waals surface area contributed by atoms with Gasteiger partial charge in [0.15, 0.2) is 6.29 Å². The molecule has 172 valence electrons. The lowest BCUT2D eigenvalue weighted by Gasteiger charge is -2.10. The van der Waals surface area contributed by atoms with Gasteiger partial charge in [0.25, 0.3) is 0 Å². The summed E-state index contributed by atoms with van der Waals surface area (Å²) in [6.07, 6.45) is 1.37. The fraction of sp³-hybridized carbons (Fsp3) is 0.600. The van der Waals surface area contributed by atoms with Crippen molar-refractivity contribution in [3.8, 4) is 5.75 Å². The molecule has 0 saturated carbocycles. The summed E-state index contributed by atoms with van der Waals surface area (Å²) in [7, 11) is 0. The zero-order chi connectivity index (χ0) is 22.4. The van der Waals surface area contributed by atoms with E-state index in [9.17, 15) is 9.59 Å². The third-order valence-corrected chi connectivity index (χ3v) is 3.67. The minimum absolute atomic E-state index is 0.255. The first-order valence-corrected chi connectivity index (χ1v) is 9.88. The Labute approximate surface area is 181 Å². The van der Waals surface area contributed by atoms with Crippen LogP contribution < -0.4 is 4.74 Å². The van der Waals surface area contributed by atoms with E-state index in [1.165, 1.54) is 6.07 Å². The maximum atomic E-state index is 11.0. The molecule has 0 fully saturated rings. The Balaban J connectivity index is 1.85. The molecule has 0 N–H and O–H groups in total. The molecule has 0 radical (unpaired) electrons. The van der Waals surface area contributed by atoms with Crippen LogP contribution in [-0.4, -0.2) is 91.8 Å². The summed E-state index contributed by atoms with van der Waals surface area (Å²) in [4.78, 5) is 24.4. The van der Waals surface area contributed by atoms with Crippen LogP contribution in [0.5, 0.6) is 5.75 Å². The number of benzene rings is 1. The van der Waals surface area contributed by atoms with Crippen LogP contribution in [-0.2, 0) is 23.7 Å². The van der Waals surface area contributed by atoms with E-state index < -0.39 is 0 Å². The number of hydrogen-bond acceptors (Lipinski definition) is 9. The Kier molecular flexibility index (Phi) is 16.6. The third-order valence-electron chi connectivity index (χ3n) is 3.67. The molecule has 0 aliphatic carbocycles. The topological polar surface area (TPSA) is 138 Å². The Morgan fingerprint density at radius 2 is 1.26 bits per heavy atom. The van der Waals surface area contributed by atoms with Crippen LogP contribution in [0, 0.1) is 0 Å². The molecule has 0 unspecified atom stereocenters. The van der Waals surface area contributed by atoms with Crippen LogP contribution in [0.15, 0.2) is 23.3 Å². The highest BCUT2D eigenvalue weighted by Crippen LogP contribution is 2.18. The maximum absolute atomic E-state index is 11.0. The molecule has 1 aromatic rings. The lowest BCUT2D eigenvalue weighted by Crippen LogP contribution is -2.14. The molecule has 0 bridgehead atoms. The van der Waals surface area contributed by atoms with Gasteiger partial charge in [0, 0.05) is 17.0 Å². The van der Waals surface area contributed by atoms with Crippen LogP contribution >= 0.6 is 0 Å². The number of carbonyl (C=O) groups is 2. The summed E-state index contributed by atoms with van der Waals surface area (Å²) in [5, 5.41) is 3.35. The molecule has 11 nitrogen and oxygen atoms in total. The number of nitrogens with zero attached hydrogens (tertiary/aromatic N) is 3. The highest BCUT2D eigenvalue weighted by atomic mass is 16.6. The Morgan fingerprint density at radius 3 is 1.74 bits per heavy atom. The smallest absolute Gasteiger partial charge is 0.153 e. The second kappa shape index (κ2) is 19.4. The van der Waals surface area contributed by atoms with Crippen LogP contribution in [0.3, 0.4) is 0 Å². The third kappa shape index (κ3) is 14.2. The molecule has 0 aliphatic rings. The molecule has 0 spiro atoms. The van der Waals surface area contributed by atoms with E-state index in [1.54, 1.807) is 12.1 Å². The van der Waals surface area contributed by atoms with E-state index in [0.717, 1.165) is 0 Å². The fourth-order valence-electron chi connectivity index (χ4n) is 2.19. The normalized spacial score (nSPS) is 10.5. The van der Waals surface area contributed by atoms with Crippen molar-refractivity contribution in [2.24, 2.45) is 5.11 Å². The van der Waals surface area contributed by atoms with Gasteiger partial charge in [-0.1, -0.05) is 11.2 Å². The van der Waals surface area contributed by atoms with Gasteiger partial charge in [-0.15, -0.1) is 0 Å². The molecule has 1 aromatic carbocycles. The van der Waals surface area contributed by atoms with Crippen molar-refractivity contribution >= 4 is 12.6 Å². The van der Waals surface area contributed by atoms with Crippen molar-refractivity contribution in [3.63, 3.8) is 0 Å². The average molecular weight is 439 g/mol. The van der Waals surface area contributed by atoms with E-state index in [2.05, 4.69) is 10.0 Å². The molecular weight excluding hydrogens is 410 g/mol. The molecule has 0 atom stereocenters. The molecule has 31 heavy (non-hydrogen) atoms. The fourth-order valence-corrected chi connectivity index (χ4v) is 2.19. The van der Waals surface area contributed by atoms with E-state index in [4.69, 9.17) is 34.0 Å². The van der Waals surface area contributed by atoms with Gasteiger partial charge in [0.05, 0.1) is 71.6 Å². The van der Waals surface area contributed by atoms with Crippen molar-refractivity contribution < 1.29 is 38.0 Å². The number of rotatable bonds is 21. The number of ether oxygens (including phenoxy) is 6. The zero-order valence-corrected chi connectivity index (χ0v) is 17.5. The number of aldehydes is 2. The second-order valence-electron chi connectivity index (χ2n) is 5.90. The van der Waals surface area contributed by atoms with Crippen LogP contribution in [0.1, 0.15) is 20.7 Å². The second-order valence-corrected chi connectivity index (χ2v) is 5.90. The van der Waals surface area contributed by atoms with E-state index in [-0.39, 0.29) is 6.61 Å². The maximum Gasteiger partial charge on any atom is 0.153 e. The van der Waals surface area contributed by atoms with Gasteiger partial charge in [-0.25, -0.2) is 0 Å². The highest BCUT2D eigenvalue weighted by molar-refractivity contribution is 5.83. The summed E-state index contributed by atoms with van der Waals surface area (Å²) in [6, 6.07) is 4.62. The number of hydrogen-bond donors (Lipinski definition) is 0. The van der Waals surface area contributed by atoms with E-state index in [1.807, 2.05) is 0 Å². The SMILES string of the molecule is [N-]=[N+]=NCCOCCOCCOCCOCCOCCOc1cc(C=O)ccc1C=O. The van der Waals surface area contributed by atoms with Gasteiger partial charge >= 0.3 is 0 Å². The number of azide groups is 1. The molecular formula is C20H29N3O8. The summed E-state index contributed by atoms with van der Waals surface area (Å²) < 4.78 is 32.1. The lowest BCUT2D eigenvalue weighted by molar-refractivity contribution is -0.0122. The first kappa shape index (κ1) is 26.5. The van der Waals surface area contributed by atoms with Crippen molar-refractivity contribution in [1.29, 1.82) is 0 Å². The van der Waals surface area contributed by atoms with E-state index in [0.29, 0.717) is 102 Å². The molecule has 0 saturated heterocycles. The molecule has 0 amide bonds. The molecule has 0 aromatic heterocycles. The van der Waals surface area contributed by atoms with Crippen molar-refractivity contribution in [2.45, 2.75) is 0 Å². The van der Waals surface area contributed by atoms with Crippen molar-refractivity contribution in [2.75, 3.05) is 79.2 Å². The minimum Gasteiger partial charge on any atom is -0.490 e. The summed E-state index contributed by atoms with van der Waals surface area (Å²) in [5.74, 6) is 0.360. The van der Waals surface area contributed by atoms with Gasteiger partial charge in [-0.3, -0.25) is 9.59 Å². The first-order valence-electron chi connectivity index (χ1n) is 9.88. The summed E-state index contributed by atoms with van der Waals surface area (Å²) in [6.45, 7) is 4.84. The summed E-state index contributed by atoms with van der Waals surface area (Å²) in [5.41, 5.74) is 8.92. The Bertz CT molecular complexity index is 668. The number of carbonyl (C=O) groups excluding carboxylic acids is 2. The molecule has 0 heterocycles. The molecule has 1 rings (SSSR count). The summed E-state index contributed by atoms with van der Waals surface area (Å²) >= 11 is 0. The quantitative estimate of drug-likeness (QED) is 0.0933. The largest absolute Gasteiger partial charge is 0.490 e. The van der Waals surface area contributed by atoms with Gasteiger partial charge in [0.1, 0.15) is 18.6 Å². The van der Waals surface area contributed by atoms with E-state index >= 15 is 0 Å². The average Bonchev–Trinajstić information content (AvgIpc) is 2.80. The van der Waals surface area contributed by atoms with Crippen molar-refractivity contribution in [3.05, 3.63) is 39.8 Å². The van der Waals surface area contributed by atoms with Gasteiger partial charge in [0.2, 0.25) is 0 Å². The first-order chi connectivity index (χ1) is 15.3. The van der Waals surface area contributed by atoms with Crippen LogP contribution in [0.2, 0.25) is 0 Å². The standard InChI is InChI=1S/C20H29N3O8/c21-23-22-3-4-26-5-6-27-7-8-28-9-10-29-11-12-30-13-14-31-20-15-18(16-24)1-2-19(20)17-25/h1-2,15-17H,3-14H2. The van der Waals surface area contributed by atoms with Gasteiger partial charge in [-0.2, -0.15) is 0 Å². The van der Waals surface area contributed by atoms with Gasteiger partial charge < -0.3 is 28.4 Å². The van der Waals surface area contributed by atoms with Crippen LogP contribution in [0.4, 0.5) is 0 Å². The Morgan fingerprint density at radius 1 is 0.742 bits per heavy atom.